The first-order valence-corrected chi connectivity index (χ1v) is 16.4. The maximum Gasteiger partial charge on any atom is 0.145 e. The lowest BCUT2D eigenvalue weighted by molar-refractivity contribution is 0.558. The Morgan fingerprint density at radius 2 is 1.24 bits per heavy atom. The summed E-state index contributed by atoms with van der Waals surface area (Å²) in [6.45, 7) is 0. The highest BCUT2D eigenvalue weighted by Gasteiger charge is 2.34. The molecule has 2 unspecified atom stereocenters. The number of hydrogen-bond acceptors (Lipinski definition) is 3. The molecule has 1 aliphatic carbocycles. The van der Waals surface area contributed by atoms with Gasteiger partial charge in [-0.3, -0.25) is 0 Å². The fraction of sp³-hybridized carbons (Fsp3) is 0.0455. The summed E-state index contributed by atoms with van der Waals surface area (Å²) in [4.78, 5) is 0. The Labute approximate surface area is 281 Å². The van der Waals surface area contributed by atoms with Crippen molar-refractivity contribution in [3.8, 4) is 23.3 Å². The van der Waals surface area contributed by atoms with Crippen LogP contribution in [-0.2, 0) is 0 Å². The van der Waals surface area contributed by atoms with E-state index in [1.54, 1.807) is 0 Å². The van der Waals surface area contributed by atoms with Crippen LogP contribution in [0.1, 0.15) is 6.04 Å². The number of fused-ring (bicyclic) bond motifs is 10. The minimum atomic E-state index is -0.597. The second-order valence-corrected chi connectivity index (χ2v) is 12.7. The molecule has 0 N–H and O–H groups in total. The highest BCUT2D eigenvalue weighted by Crippen LogP contribution is 2.47. The first-order chi connectivity index (χ1) is 24.2. The average Bonchev–Trinajstić information content (AvgIpc) is 3.82. The summed E-state index contributed by atoms with van der Waals surface area (Å²) < 4.78 is 11.2. The second kappa shape index (κ2) is 10.3. The Morgan fingerprint density at radius 1 is 0.571 bits per heavy atom. The first kappa shape index (κ1) is 27.3. The fourth-order valence-electron chi connectivity index (χ4n) is 8.06. The van der Waals surface area contributed by atoms with Gasteiger partial charge in [0, 0.05) is 43.7 Å². The van der Waals surface area contributed by atoms with Gasteiger partial charge in [0.25, 0.3) is 0 Å². The Kier molecular flexibility index (Phi) is 5.76. The summed E-state index contributed by atoms with van der Waals surface area (Å²) in [6, 6.07) is 50.7. The number of nitriles is 2. The molecule has 3 heterocycles. The van der Waals surface area contributed by atoms with Gasteiger partial charge in [-0.05, 0) is 65.7 Å². The molecule has 228 valence electrons. The maximum atomic E-state index is 10.8. The summed E-state index contributed by atoms with van der Waals surface area (Å²) in [5.41, 5.74) is 9.25. The molecule has 1 aliphatic rings. The van der Waals surface area contributed by atoms with Crippen molar-refractivity contribution in [3.05, 3.63) is 151 Å². The van der Waals surface area contributed by atoms with E-state index in [0.29, 0.717) is 5.57 Å². The summed E-state index contributed by atoms with van der Waals surface area (Å²) in [7, 11) is 0. The van der Waals surface area contributed by atoms with Crippen LogP contribution in [0.2, 0.25) is 0 Å². The van der Waals surface area contributed by atoms with Crippen molar-refractivity contribution in [1.29, 1.82) is 10.5 Å². The molecule has 3 aromatic heterocycles. The van der Waals surface area contributed by atoms with Crippen molar-refractivity contribution < 1.29 is 4.42 Å². The van der Waals surface area contributed by atoms with Gasteiger partial charge >= 0.3 is 0 Å². The lowest BCUT2D eigenvalue weighted by atomic mass is 9.89. The third kappa shape index (κ3) is 3.85. The second-order valence-electron chi connectivity index (χ2n) is 12.7. The summed E-state index contributed by atoms with van der Waals surface area (Å²) >= 11 is 0. The van der Waals surface area contributed by atoms with Gasteiger partial charge in [0.15, 0.2) is 0 Å². The van der Waals surface area contributed by atoms with Crippen molar-refractivity contribution in [2.24, 2.45) is 5.92 Å². The summed E-state index contributed by atoms with van der Waals surface area (Å²) in [6.07, 6.45) is 3.78. The molecular weight excluding hydrogens is 601 g/mol. The van der Waals surface area contributed by atoms with Gasteiger partial charge in [0.2, 0.25) is 0 Å². The van der Waals surface area contributed by atoms with Gasteiger partial charge < -0.3 is 13.6 Å². The molecule has 0 spiro atoms. The predicted molar refractivity (Wildman–Crippen MR) is 198 cm³/mol. The Hall–Kier alpha value is -6.82. The predicted octanol–water partition coefficient (Wildman–Crippen LogP) is 11.2. The molecule has 0 bridgehead atoms. The normalized spacial score (nSPS) is 16.4. The van der Waals surface area contributed by atoms with E-state index in [4.69, 9.17) is 4.42 Å². The smallest absolute Gasteiger partial charge is 0.145 e. The van der Waals surface area contributed by atoms with E-state index < -0.39 is 12.0 Å². The maximum absolute atomic E-state index is 10.8. The molecule has 5 nitrogen and oxygen atoms in total. The molecule has 0 fully saturated rings. The summed E-state index contributed by atoms with van der Waals surface area (Å²) in [5, 5.41) is 27.5. The SMILES string of the molecule is N#CC1=CC(C#N)C(n2c3ccccc3c3ccccc32)C(n2c3ccc(-c4ccccc4)cc3c3c4oc5ccccc5c4ccc32)=C1. The van der Waals surface area contributed by atoms with Crippen LogP contribution in [0.25, 0.3) is 82.4 Å². The van der Waals surface area contributed by atoms with E-state index in [9.17, 15) is 10.5 Å². The molecule has 0 aliphatic heterocycles. The van der Waals surface area contributed by atoms with Gasteiger partial charge in [0.1, 0.15) is 11.2 Å². The van der Waals surface area contributed by atoms with Crippen LogP contribution in [0.5, 0.6) is 0 Å². The van der Waals surface area contributed by atoms with Gasteiger partial charge in [0.05, 0.1) is 46.1 Å². The minimum absolute atomic E-state index is 0.425. The van der Waals surface area contributed by atoms with Gasteiger partial charge in [-0.15, -0.1) is 0 Å². The Bertz CT molecular complexity index is 2920. The van der Waals surface area contributed by atoms with Gasteiger partial charge in [-0.25, -0.2) is 0 Å². The van der Waals surface area contributed by atoms with E-state index in [2.05, 4.69) is 118 Å². The zero-order valence-corrected chi connectivity index (χ0v) is 26.2. The molecule has 9 aromatic rings. The molecule has 6 aromatic carbocycles. The lowest BCUT2D eigenvalue weighted by Gasteiger charge is -2.31. The third-order valence-electron chi connectivity index (χ3n) is 10.1. The number of hydrogen-bond donors (Lipinski definition) is 0. The van der Waals surface area contributed by atoms with Crippen LogP contribution < -0.4 is 0 Å². The zero-order valence-electron chi connectivity index (χ0n) is 26.2. The van der Waals surface area contributed by atoms with Gasteiger partial charge in [-0.1, -0.05) is 91.0 Å². The Balaban J connectivity index is 1.35. The largest absolute Gasteiger partial charge is 0.455 e. The van der Waals surface area contributed by atoms with Gasteiger partial charge in [-0.2, -0.15) is 10.5 Å². The third-order valence-corrected chi connectivity index (χ3v) is 10.1. The molecule has 0 saturated carbocycles. The molecule has 0 amide bonds. The van der Waals surface area contributed by atoms with E-state index in [-0.39, 0.29) is 0 Å². The Morgan fingerprint density at radius 3 is 1.98 bits per heavy atom. The standard InChI is InChI=1S/C44H26N4O/c45-25-27-22-30(26-46)43(48-36-15-7-4-12-31(36)32-13-5-8-16-37(32)48)40(23-27)47-38-20-18-29(28-10-2-1-3-11-28)24-35(38)42-39(47)21-19-34-33-14-6-9-17-41(33)49-44(34)42/h1-24,30,43H. The zero-order chi connectivity index (χ0) is 32.6. The highest BCUT2D eigenvalue weighted by atomic mass is 16.3. The van der Waals surface area contributed by atoms with Crippen LogP contribution in [0, 0.1) is 28.6 Å². The minimum Gasteiger partial charge on any atom is -0.455 e. The first-order valence-electron chi connectivity index (χ1n) is 16.4. The monoisotopic (exact) mass is 626 g/mol. The number of aromatic nitrogens is 2. The lowest BCUT2D eigenvalue weighted by Crippen LogP contribution is -2.24. The number of para-hydroxylation sites is 3. The summed E-state index contributed by atoms with van der Waals surface area (Å²) in [5.74, 6) is -0.597. The average molecular weight is 627 g/mol. The number of allylic oxidation sites excluding steroid dienone is 4. The number of furan rings is 1. The van der Waals surface area contributed by atoms with Crippen LogP contribution >= 0.6 is 0 Å². The fourth-order valence-corrected chi connectivity index (χ4v) is 8.06. The molecule has 0 saturated heterocycles. The van der Waals surface area contributed by atoms with Crippen molar-refractivity contribution >= 4 is 71.2 Å². The number of rotatable bonds is 3. The molecule has 5 heteroatoms. The van der Waals surface area contributed by atoms with Crippen LogP contribution in [0.3, 0.4) is 0 Å². The molecule has 2 atom stereocenters. The van der Waals surface area contributed by atoms with Crippen LogP contribution in [0.15, 0.2) is 156 Å². The van der Waals surface area contributed by atoms with Crippen molar-refractivity contribution in [1.82, 2.24) is 9.13 Å². The van der Waals surface area contributed by atoms with Crippen molar-refractivity contribution in [2.45, 2.75) is 6.04 Å². The molecule has 0 radical (unpaired) electrons. The van der Waals surface area contributed by atoms with Crippen LogP contribution in [-0.4, -0.2) is 9.13 Å². The number of nitrogens with zero attached hydrogens (tertiary/aromatic N) is 4. The molecule has 49 heavy (non-hydrogen) atoms. The van der Waals surface area contributed by atoms with Crippen molar-refractivity contribution in [3.63, 3.8) is 0 Å². The van der Waals surface area contributed by atoms with E-state index >= 15 is 0 Å². The molecular formula is C44H26N4O. The topological polar surface area (TPSA) is 70.6 Å². The van der Waals surface area contributed by atoms with E-state index in [0.717, 1.165) is 82.4 Å². The quantitative estimate of drug-likeness (QED) is 0.196. The molecule has 10 rings (SSSR count). The number of benzene rings is 6. The van der Waals surface area contributed by atoms with E-state index in [1.165, 1.54) is 0 Å². The van der Waals surface area contributed by atoms with E-state index in [1.807, 2.05) is 48.6 Å². The van der Waals surface area contributed by atoms with Crippen molar-refractivity contribution in [2.75, 3.05) is 0 Å². The highest BCUT2D eigenvalue weighted by molar-refractivity contribution is 6.24. The van der Waals surface area contributed by atoms with Crippen LogP contribution in [0.4, 0.5) is 0 Å².